The maximum Gasteiger partial charge on any atom is 0.324 e. The van der Waals surface area contributed by atoms with E-state index in [4.69, 9.17) is 9.47 Å². The predicted octanol–water partition coefficient (Wildman–Crippen LogP) is 0.392. The molecule has 1 rings (SSSR count). The summed E-state index contributed by atoms with van der Waals surface area (Å²) < 4.78 is 14.3. The minimum Gasteiger partial charge on any atom is -0.466 e. The molecular weight excluding hydrogens is 216 g/mol. The quantitative estimate of drug-likeness (QED) is 0.515. The van der Waals surface area contributed by atoms with E-state index in [-0.39, 0.29) is 13.0 Å². The molecule has 1 aliphatic heterocycles. The Morgan fingerprint density at radius 3 is 2.25 bits per heavy atom. The van der Waals surface area contributed by atoms with Crippen LogP contribution in [0.3, 0.4) is 0 Å². The van der Waals surface area contributed by atoms with Crippen molar-refractivity contribution in [3.63, 3.8) is 0 Å². The van der Waals surface area contributed by atoms with Crippen molar-refractivity contribution < 1.29 is 28.6 Å². The highest BCUT2D eigenvalue weighted by Crippen LogP contribution is 2.25. The molecule has 0 aromatic rings. The second-order valence-electron chi connectivity index (χ2n) is 3.80. The first-order valence-corrected chi connectivity index (χ1v) is 4.97. The first-order chi connectivity index (χ1) is 7.35. The van der Waals surface area contributed by atoms with E-state index in [2.05, 4.69) is 4.74 Å². The molecule has 16 heavy (non-hydrogen) atoms. The average molecular weight is 230 g/mol. The van der Waals surface area contributed by atoms with Gasteiger partial charge >= 0.3 is 17.9 Å². The molecule has 0 aromatic carbocycles. The molecule has 0 aliphatic carbocycles. The van der Waals surface area contributed by atoms with Crippen molar-refractivity contribution in [3.8, 4) is 0 Å². The lowest BCUT2D eigenvalue weighted by Gasteiger charge is -2.32. The van der Waals surface area contributed by atoms with Crippen LogP contribution < -0.4 is 0 Å². The third kappa shape index (κ3) is 2.95. The van der Waals surface area contributed by atoms with E-state index in [1.54, 1.807) is 6.92 Å². The number of carbonyl (C=O) groups is 3. The van der Waals surface area contributed by atoms with Crippen molar-refractivity contribution in [2.24, 2.45) is 5.92 Å². The van der Waals surface area contributed by atoms with E-state index in [0.29, 0.717) is 0 Å². The fourth-order valence-electron chi connectivity index (χ4n) is 1.30. The smallest absolute Gasteiger partial charge is 0.324 e. The van der Waals surface area contributed by atoms with Gasteiger partial charge in [0.1, 0.15) is 0 Å². The van der Waals surface area contributed by atoms with Gasteiger partial charge in [-0.1, -0.05) is 0 Å². The summed E-state index contributed by atoms with van der Waals surface area (Å²) >= 11 is 0. The van der Waals surface area contributed by atoms with Crippen LogP contribution in [-0.2, 0) is 28.6 Å². The predicted molar refractivity (Wildman–Crippen MR) is 51.0 cm³/mol. The summed E-state index contributed by atoms with van der Waals surface area (Å²) in [5, 5.41) is 0. The second kappa shape index (κ2) is 4.51. The van der Waals surface area contributed by atoms with Crippen LogP contribution in [0.5, 0.6) is 0 Å². The summed E-state index contributed by atoms with van der Waals surface area (Å²) in [7, 11) is 0. The molecule has 0 unspecified atom stereocenters. The zero-order chi connectivity index (χ0) is 12.3. The molecule has 0 aromatic heterocycles. The zero-order valence-corrected chi connectivity index (χ0v) is 9.44. The Morgan fingerprint density at radius 1 is 1.31 bits per heavy atom. The van der Waals surface area contributed by atoms with E-state index in [1.165, 1.54) is 13.8 Å². The minimum atomic E-state index is -1.26. The first-order valence-electron chi connectivity index (χ1n) is 4.97. The molecule has 0 N–H and O–H groups in total. The molecule has 0 spiro atoms. The van der Waals surface area contributed by atoms with Crippen molar-refractivity contribution in [1.82, 2.24) is 0 Å². The van der Waals surface area contributed by atoms with Gasteiger partial charge in [0.05, 0.1) is 13.0 Å². The largest absolute Gasteiger partial charge is 0.466 e. The van der Waals surface area contributed by atoms with Gasteiger partial charge < -0.3 is 14.2 Å². The maximum atomic E-state index is 11.4. The van der Waals surface area contributed by atoms with Crippen molar-refractivity contribution in [2.45, 2.75) is 33.0 Å². The lowest BCUT2D eigenvalue weighted by Crippen LogP contribution is -2.46. The topological polar surface area (TPSA) is 78.9 Å². The molecule has 6 heteroatoms. The van der Waals surface area contributed by atoms with E-state index >= 15 is 0 Å². The summed E-state index contributed by atoms with van der Waals surface area (Å²) in [5.74, 6) is -4.61. The van der Waals surface area contributed by atoms with Crippen LogP contribution in [0.1, 0.15) is 27.2 Å². The van der Waals surface area contributed by atoms with Crippen molar-refractivity contribution >= 4 is 17.9 Å². The average Bonchev–Trinajstić information content (AvgIpc) is 2.10. The third-order valence-electron chi connectivity index (χ3n) is 1.94. The van der Waals surface area contributed by atoms with Crippen LogP contribution in [0.15, 0.2) is 0 Å². The number of hydrogen-bond donors (Lipinski definition) is 0. The summed E-state index contributed by atoms with van der Waals surface area (Å²) in [5.41, 5.74) is 0. The van der Waals surface area contributed by atoms with E-state index in [0.717, 1.165) is 0 Å². The Hall–Kier alpha value is -1.59. The number of cyclic esters (lactones) is 2. The van der Waals surface area contributed by atoms with Crippen molar-refractivity contribution in [1.29, 1.82) is 0 Å². The Bertz CT molecular complexity index is 299. The monoisotopic (exact) mass is 230 g/mol. The highest BCUT2D eigenvalue weighted by Gasteiger charge is 2.44. The number of carbonyl (C=O) groups excluding carboxylic acids is 3. The summed E-state index contributed by atoms with van der Waals surface area (Å²) in [6.45, 7) is 4.73. The fourth-order valence-corrected chi connectivity index (χ4v) is 1.30. The Balaban J connectivity index is 2.65. The standard InChI is InChI=1S/C10H14O6/c1-4-14-7(11)5-6-8(12)15-10(2,3)16-9(6)13/h6H,4-5H2,1-3H3. The van der Waals surface area contributed by atoms with Crippen LogP contribution in [0.25, 0.3) is 0 Å². The fraction of sp³-hybridized carbons (Fsp3) is 0.700. The molecule has 0 bridgehead atoms. The molecule has 1 aliphatic rings. The SMILES string of the molecule is CCOC(=O)CC1C(=O)OC(C)(C)OC1=O. The van der Waals surface area contributed by atoms with E-state index in [9.17, 15) is 14.4 Å². The molecule has 90 valence electrons. The zero-order valence-electron chi connectivity index (χ0n) is 9.44. The summed E-state index contributed by atoms with van der Waals surface area (Å²) in [4.78, 5) is 34.0. The molecule has 1 fully saturated rings. The van der Waals surface area contributed by atoms with E-state index in [1.807, 2.05) is 0 Å². The van der Waals surface area contributed by atoms with Gasteiger partial charge in [0.15, 0.2) is 5.92 Å². The molecule has 0 atom stereocenters. The molecule has 0 radical (unpaired) electrons. The lowest BCUT2D eigenvalue weighted by atomic mass is 10.0. The normalized spacial score (nSPS) is 19.9. The van der Waals surface area contributed by atoms with Gasteiger partial charge in [-0.2, -0.15) is 0 Å². The molecule has 1 saturated heterocycles. The van der Waals surface area contributed by atoms with Crippen LogP contribution >= 0.6 is 0 Å². The molecule has 0 saturated carbocycles. The van der Waals surface area contributed by atoms with Crippen LogP contribution in [-0.4, -0.2) is 30.3 Å². The molecule has 1 heterocycles. The summed E-state index contributed by atoms with van der Waals surface area (Å²) in [6.07, 6.45) is -0.346. The highest BCUT2D eigenvalue weighted by atomic mass is 16.7. The lowest BCUT2D eigenvalue weighted by molar-refractivity contribution is -0.240. The molecular formula is C10H14O6. The van der Waals surface area contributed by atoms with Gasteiger partial charge in [-0.15, -0.1) is 0 Å². The number of hydrogen-bond acceptors (Lipinski definition) is 6. The van der Waals surface area contributed by atoms with Crippen molar-refractivity contribution in [3.05, 3.63) is 0 Å². The highest BCUT2D eigenvalue weighted by molar-refractivity contribution is 5.99. The Labute approximate surface area is 92.8 Å². The molecule has 0 amide bonds. The van der Waals surface area contributed by atoms with Gasteiger partial charge in [-0.05, 0) is 6.92 Å². The van der Waals surface area contributed by atoms with Gasteiger partial charge in [-0.25, -0.2) is 0 Å². The Kier molecular flexibility index (Phi) is 3.51. The van der Waals surface area contributed by atoms with Crippen LogP contribution in [0, 0.1) is 5.92 Å². The van der Waals surface area contributed by atoms with Gasteiger partial charge in [0, 0.05) is 13.8 Å². The summed E-state index contributed by atoms with van der Waals surface area (Å²) in [6, 6.07) is 0. The van der Waals surface area contributed by atoms with Gasteiger partial charge in [0.25, 0.3) is 5.79 Å². The number of esters is 3. The van der Waals surface area contributed by atoms with Crippen molar-refractivity contribution in [2.75, 3.05) is 6.61 Å². The maximum absolute atomic E-state index is 11.4. The number of ether oxygens (including phenoxy) is 3. The van der Waals surface area contributed by atoms with Crippen LogP contribution in [0.2, 0.25) is 0 Å². The van der Waals surface area contributed by atoms with Crippen LogP contribution in [0.4, 0.5) is 0 Å². The molecule has 6 nitrogen and oxygen atoms in total. The number of rotatable bonds is 3. The van der Waals surface area contributed by atoms with Gasteiger partial charge in [-0.3, -0.25) is 14.4 Å². The Morgan fingerprint density at radius 2 is 1.81 bits per heavy atom. The minimum absolute atomic E-state index is 0.196. The van der Waals surface area contributed by atoms with E-state index < -0.39 is 29.6 Å². The second-order valence-corrected chi connectivity index (χ2v) is 3.80. The third-order valence-corrected chi connectivity index (χ3v) is 1.94. The first kappa shape index (κ1) is 12.5. The van der Waals surface area contributed by atoms with Gasteiger partial charge in [0.2, 0.25) is 0 Å².